The number of aromatic nitrogens is 1. The third-order valence-corrected chi connectivity index (χ3v) is 4.98. The summed E-state index contributed by atoms with van der Waals surface area (Å²) in [5.41, 5.74) is 6.47. The Labute approximate surface area is 172 Å². The van der Waals surface area contributed by atoms with E-state index in [4.69, 9.17) is 34.8 Å². The molecule has 0 atom stereocenters. The Morgan fingerprint density at radius 3 is 2.48 bits per heavy atom. The van der Waals surface area contributed by atoms with E-state index in [-0.39, 0.29) is 5.91 Å². The normalized spacial score (nSPS) is 11.1. The van der Waals surface area contributed by atoms with Crippen LogP contribution in [0.4, 0.5) is 0 Å². The Bertz CT molecular complexity index is 1040. The van der Waals surface area contributed by atoms with Crippen LogP contribution in [-0.4, -0.2) is 16.7 Å². The Morgan fingerprint density at radius 2 is 1.78 bits per heavy atom. The van der Waals surface area contributed by atoms with Gasteiger partial charge in [0.1, 0.15) is 0 Å². The lowest BCUT2D eigenvalue weighted by Crippen LogP contribution is -2.18. The van der Waals surface area contributed by atoms with E-state index in [2.05, 4.69) is 10.5 Å². The number of benzene rings is 2. The maximum Gasteiger partial charge on any atom is 0.272 e. The molecule has 7 heteroatoms. The number of amides is 1. The first-order chi connectivity index (χ1) is 12.9. The lowest BCUT2D eigenvalue weighted by atomic mass is 10.2. The zero-order chi connectivity index (χ0) is 19.6. The molecule has 1 heterocycles. The average molecular weight is 421 g/mol. The van der Waals surface area contributed by atoms with E-state index >= 15 is 0 Å². The lowest BCUT2D eigenvalue weighted by molar-refractivity contribution is 0.0955. The van der Waals surface area contributed by atoms with Gasteiger partial charge in [-0.1, -0.05) is 46.9 Å². The van der Waals surface area contributed by atoms with Crippen molar-refractivity contribution in [3.05, 3.63) is 86.1 Å². The van der Waals surface area contributed by atoms with Gasteiger partial charge >= 0.3 is 0 Å². The van der Waals surface area contributed by atoms with E-state index in [1.54, 1.807) is 42.6 Å². The second-order valence-corrected chi connectivity index (χ2v) is 7.19. The van der Waals surface area contributed by atoms with Gasteiger partial charge in [0.2, 0.25) is 0 Å². The monoisotopic (exact) mass is 419 g/mol. The van der Waals surface area contributed by atoms with E-state index < -0.39 is 0 Å². The number of nitrogens with zero attached hydrogens (tertiary/aromatic N) is 2. The van der Waals surface area contributed by atoms with Gasteiger partial charge in [-0.2, -0.15) is 5.10 Å². The zero-order valence-corrected chi connectivity index (χ0v) is 16.9. The highest BCUT2D eigenvalue weighted by Gasteiger charge is 2.13. The molecular formula is C20H16Cl3N3O. The topological polar surface area (TPSA) is 46.4 Å². The van der Waals surface area contributed by atoms with Gasteiger partial charge in [0.15, 0.2) is 0 Å². The van der Waals surface area contributed by atoms with Crippen LogP contribution in [0.1, 0.15) is 27.3 Å². The lowest BCUT2D eigenvalue weighted by Gasteiger charge is -2.11. The molecule has 1 aromatic heterocycles. The summed E-state index contributed by atoms with van der Waals surface area (Å²) in [5, 5.41) is 5.56. The van der Waals surface area contributed by atoms with Crippen LogP contribution in [0.15, 0.2) is 53.6 Å². The molecule has 2 aromatic carbocycles. The minimum Gasteiger partial charge on any atom is -0.316 e. The number of rotatable bonds is 4. The molecule has 0 radical (unpaired) electrons. The van der Waals surface area contributed by atoms with Gasteiger partial charge in [-0.15, -0.1) is 0 Å². The van der Waals surface area contributed by atoms with E-state index in [0.29, 0.717) is 20.6 Å². The molecule has 0 aliphatic carbocycles. The van der Waals surface area contributed by atoms with Crippen molar-refractivity contribution in [1.82, 2.24) is 9.99 Å². The fraction of sp³-hybridized carbons (Fsp3) is 0.100. The van der Waals surface area contributed by atoms with Gasteiger partial charge in [0, 0.05) is 22.0 Å². The number of hydrogen-bond acceptors (Lipinski definition) is 2. The highest BCUT2D eigenvalue weighted by molar-refractivity contribution is 6.35. The van der Waals surface area contributed by atoms with Crippen molar-refractivity contribution in [2.45, 2.75) is 13.8 Å². The number of aryl methyl sites for hydroxylation is 1. The van der Waals surface area contributed by atoms with Crippen molar-refractivity contribution in [2.75, 3.05) is 0 Å². The molecule has 0 aliphatic heterocycles. The molecule has 27 heavy (non-hydrogen) atoms. The highest BCUT2D eigenvalue weighted by Crippen LogP contribution is 2.28. The quantitative estimate of drug-likeness (QED) is 0.419. The fourth-order valence-corrected chi connectivity index (χ4v) is 3.53. The predicted octanol–water partition coefficient (Wildman–Crippen LogP) is 5.82. The van der Waals surface area contributed by atoms with Gasteiger partial charge in [0.05, 0.1) is 27.5 Å². The van der Waals surface area contributed by atoms with Crippen molar-refractivity contribution in [3.8, 4) is 5.69 Å². The van der Waals surface area contributed by atoms with E-state index in [1.165, 1.54) is 0 Å². The first-order valence-corrected chi connectivity index (χ1v) is 9.24. The van der Waals surface area contributed by atoms with E-state index in [9.17, 15) is 4.79 Å². The molecule has 3 rings (SSSR count). The first-order valence-electron chi connectivity index (χ1n) is 8.11. The summed E-state index contributed by atoms with van der Waals surface area (Å²) < 4.78 is 2.01. The molecular weight excluding hydrogens is 405 g/mol. The first kappa shape index (κ1) is 19.5. The summed E-state index contributed by atoms with van der Waals surface area (Å²) >= 11 is 18.3. The Hall–Kier alpha value is -2.27. The molecule has 0 fully saturated rings. The average Bonchev–Trinajstić information content (AvgIpc) is 2.89. The van der Waals surface area contributed by atoms with Crippen LogP contribution in [0.25, 0.3) is 5.69 Å². The van der Waals surface area contributed by atoms with Gasteiger partial charge in [-0.3, -0.25) is 4.79 Å². The predicted molar refractivity (Wildman–Crippen MR) is 112 cm³/mol. The van der Waals surface area contributed by atoms with Crippen LogP contribution < -0.4 is 5.43 Å². The van der Waals surface area contributed by atoms with E-state index in [0.717, 1.165) is 22.6 Å². The third-order valence-electron chi connectivity index (χ3n) is 4.11. The maximum atomic E-state index is 12.2. The summed E-state index contributed by atoms with van der Waals surface area (Å²) in [6.07, 6.45) is 1.59. The van der Waals surface area contributed by atoms with Crippen molar-refractivity contribution < 1.29 is 4.79 Å². The number of halogens is 3. The minimum atomic E-state index is -0.369. The largest absolute Gasteiger partial charge is 0.316 e. The second kappa shape index (κ2) is 8.17. The number of carbonyl (C=O) groups excluding carboxylic acids is 1. The standard InChI is InChI=1S/C20H16Cl3N3O/c1-12-9-14(11-24-25-20(27)16-5-3-4-6-17(16)22)13(2)26(12)19-8-7-15(21)10-18(19)23/h3-11H,1-2H3,(H,25,27)/b24-11-. The summed E-state index contributed by atoms with van der Waals surface area (Å²) in [4.78, 5) is 12.2. The van der Waals surface area contributed by atoms with Gasteiger partial charge in [-0.05, 0) is 50.2 Å². The second-order valence-electron chi connectivity index (χ2n) is 5.94. The SMILES string of the molecule is Cc1cc(/C=N\NC(=O)c2ccccc2Cl)c(C)n1-c1ccc(Cl)cc1Cl. The molecule has 0 saturated carbocycles. The Kier molecular flexibility index (Phi) is 5.90. The van der Waals surface area contributed by atoms with Crippen molar-refractivity contribution in [1.29, 1.82) is 0 Å². The van der Waals surface area contributed by atoms with Gasteiger partial charge in [0.25, 0.3) is 5.91 Å². The summed E-state index contributed by atoms with van der Waals surface area (Å²) in [7, 11) is 0. The van der Waals surface area contributed by atoms with Crippen molar-refractivity contribution in [3.63, 3.8) is 0 Å². The molecule has 3 aromatic rings. The number of nitrogens with one attached hydrogen (secondary N) is 1. The van der Waals surface area contributed by atoms with Gasteiger partial charge < -0.3 is 4.57 Å². The minimum absolute atomic E-state index is 0.369. The molecule has 4 nitrogen and oxygen atoms in total. The molecule has 0 saturated heterocycles. The number of hydrogen-bond donors (Lipinski definition) is 1. The van der Waals surface area contributed by atoms with Crippen LogP contribution in [0.2, 0.25) is 15.1 Å². The summed E-state index contributed by atoms with van der Waals surface area (Å²) in [6, 6.07) is 14.1. The number of hydrazone groups is 1. The summed E-state index contributed by atoms with van der Waals surface area (Å²) in [6.45, 7) is 3.92. The summed E-state index contributed by atoms with van der Waals surface area (Å²) in [5.74, 6) is -0.369. The highest BCUT2D eigenvalue weighted by atomic mass is 35.5. The molecule has 1 amide bonds. The molecule has 0 spiro atoms. The van der Waals surface area contributed by atoms with Crippen molar-refractivity contribution >= 4 is 46.9 Å². The van der Waals surface area contributed by atoms with Crippen LogP contribution in [0.5, 0.6) is 0 Å². The van der Waals surface area contributed by atoms with Crippen LogP contribution in [-0.2, 0) is 0 Å². The maximum absolute atomic E-state index is 12.2. The molecule has 138 valence electrons. The molecule has 0 aliphatic rings. The Morgan fingerprint density at radius 1 is 1.04 bits per heavy atom. The Balaban J connectivity index is 1.83. The van der Waals surface area contributed by atoms with Crippen LogP contribution in [0.3, 0.4) is 0 Å². The zero-order valence-electron chi connectivity index (χ0n) is 14.6. The molecule has 1 N–H and O–H groups in total. The van der Waals surface area contributed by atoms with E-state index in [1.807, 2.05) is 30.5 Å². The third kappa shape index (κ3) is 4.19. The van der Waals surface area contributed by atoms with Gasteiger partial charge in [-0.25, -0.2) is 5.43 Å². The smallest absolute Gasteiger partial charge is 0.272 e. The van der Waals surface area contributed by atoms with Crippen molar-refractivity contribution in [2.24, 2.45) is 5.10 Å². The molecule has 0 bridgehead atoms. The molecule has 0 unspecified atom stereocenters. The number of carbonyl (C=O) groups is 1. The van der Waals surface area contributed by atoms with Crippen LogP contribution in [0, 0.1) is 13.8 Å². The van der Waals surface area contributed by atoms with Crippen LogP contribution >= 0.6 is 34.8 Å². The fourth-order valence-electron chi connectivity index (χ4n) is 2.82.